The number of ether oxygens (including phenoxy) is 1. The molecular weight excluding hydrogens is 220 g/mol. The molecule has 3 N–H and O–H groups in total. The summed E-state index contributed by atoms with van der Waals surface area (Å²) in [5.74, 6) is -0.691. The van der Waals surface area contributed by atoms with E-state index in [0.717, 1.165) is 32.8 Å². The molecule has 0 bridgehead atoms. The number of morpholine rings is 1. The number of nitrogens with two attached hydrogens (primary N) is 1. The van der Waals surface area contributed by atoms with E-state index in [9.17, 15) is 4.79 Å². The molecule has 0 radical (unpaired) electrons. The molecule has 1 aliphatic heterocycles. The Balaban J connectivity index is 2.34. The number of primary amides is 1. The molecule has 17 heavy (non-hydrogen) atoms. The summed E-state index contributed by atoms with van der Waals surface area (Å²) in [7, 11) is 0. The van der Waals surface area contributed by atoms with Crippen LogP contribution in [0, 0.1) is 11.3 Å². The lowest BCUT2D eigenvalue weighted by molar-refractivity contribution is -0.114. The van der Waals surface area contributed by atoms with Crippen LogP contribution in [0.2, 0.25) is 0 Å². The predicted octanol–water partition coefficient (Wildman–Crippen LogP) is -0.809. The molecule has 1 heterocycles. The van der Waals surface area contributed by atoms with Crippen LogP contribution in [0.4, 0.5) is 0 Å². The number of nitrogens with zero attached hydrogens (tertiary/aromatic N) is 2. The Hall–Kier alpha value is -1.58. The number of hydrogen-bond acceptors (Lipinski definition) is 5. The van der Waals surface area contributed by atoms with Crippen LogP contribution in [-0.4, -0.2) is 50.2 Å². The fraction of sp³-hybridized carbons (Fsp3) is 0.636. The average Bonchev–Trinajstić information content (AvgIpc) is 2.30. The Kier molecular flexibility index (Phi) is 5.46. The van der Waals surface area contributed by atoms with Crippen molar-refractivity contribution in [2.45, 2.75) is 6.92 Å². The van der Waals surface area contributed by atoms with Gasteiger partial charge < -0.3 is 15.8 Å². The molecule has 6 nitrogen and oxygen atoms in total. The number of nitriles is 1. The number of amides is 1. The minimum Gasteiger partial charge on any atom is -0.386 e. The molecule has 0 saturated carbocycles. The van der Waals surface area contributed by atoms with E-state index in [4.69, 9.17) is 15.7 Å². The molecule has 1 fully saturated rings. The van der Waals surface area contributed by atoms with Gasteiger partial charge in [-0.25, -0.2) is 0 Å². The van der Waals surface area contributed by atoms with E-state index in [1.807, 2.05) is 0 Å². The van der Waals surface area contributed by atoms with Crippen molar-refractivity contribution in [3.05, 3.63) is 11.3 Å². The second-order valence-corrected chi connectivity index (χ2v) is 3.86. The first-order chi connectivity index (χ1) is 8.15. The normalized spacial score (nSPS) is 18.1. The SMILES string of the molecule is C/C(NCCN1CCOCC1)=C(/C#N)C(N)=O. The third-order valence-electron chi connectivity index (χ3n) is 2.66. The topological polar surface area (TPSA) is 91.4 Å². The van der Waals surface area contributed by atoms with Crippen molar-refractivity contribution < 1.29 is 9.53 Å². The smallest absolute Gasteiger partial charge is 0.261 e. The van der Waals surface area contributed by atoms with Crippen LogP contribution in [0.25, 0.3) is 0 Å². The molecule has 0 spiro atoms. The van der Waals surface area contributed by atoms with E-state index >= 15 is 0 Å². The fourth-order valence-electron chi connectivity index (χ4n) is 1.64. The van der Waals surface area contributed by atoms with Gasteiger partial charge in [0.15, 0.2) is 0 Å². The summed E-state index contributed by atoms with van der Waals surface area (Å²) in [6.45, 7) is 6.60. The maximum atomic E-state index is 10.9. The van der Waals surface area contributed by atoms with Gasteiger partial charge in [0.05, 0.1) is 13.2 Å². The van der Waals surface area contributed by atoms with Crippen molar-refractivity contribution in [2.24, 2.45) is 5.73 Å². The van der Waals surface area contributed by atoms with E-state index in [2.05, 4.69) is 10.2 Å². The maximum absolute atomic E-state index is 10.9. The third kappa shape index (κ3) is 4.43. The molecule has 1 amide bonds. The minimum absolute atomic E-state index is 0.00743. The predicted molar refractivity (Wildman–Crippen MR) is 62.8 cm³/mol. The molecule has 0 aromatic rings. The molecule has 0 aromatic carbocycles. The zero-order valence-electron chi connectivity index (χ0n) is 10.0. The summed E-state index contributed by atoms with van der Waals surface area (Å²) < 4.78 is 5.24. The summed E-state index contributed by atoms with van der Waals surface area (Å²) in [5.41, 5.74) is 5.60. The molecule has 6 heteroatoms. The molecular formula is C11H18N4O2. The zero-order chi connectivity index (χ0) is 12.7. The van der Waals surface area contributed by atoms with Gasteiger partial charge in [0.1, 0.15) is 11.6 Å². The lowest BCUT2D eigenvalue weighted by Gasteiger charge is -2.26. The van der Waals surface area contributed by atoms with Gasteiger partial charge in [-0.3, -0.25) is 9.69 Å². The zero-order valence-corrected chi connectivity index (χ0v) is 10.0. The van der Waals surface area contributed by atoms with Gasteiger partial charge in [-0.05, 0) is 6.92 Å². The van der Waals surface area contributed by atoms with Gasteiger partial charge >= 0.3 is 0 Å². The monoisotopic (exact) mass is 238 g/mol. The summed E-state index contributed by atoms with van der Waals surface area (Å²) in [5, 5.41) is 11.8. The summed E-state index contributed by atoms with van der Waals surface area (Å²) >= 11 is 0. The molecule has 1 aliphatic rings. The lowest BCUT2D eigenvalue weighted by Crippen LogP contribution is -2.40. The average molecular weight is 238 g/mol. The van der Waals surface area contributed by atoms with Crippen molar-refractivity contribution in [1.82, 2.24) is 10.2 Å². The Morgan fingerprint density at radius 1 is 1.53 bits per heavy atom. The molecule has 0 aromatic heterocycles. The Labute approximate surface area is 101 Å². The molecule has 0 aliphatic carbocycles. The first-order valence-electron chi connectivity index (χ1n) is 5.60. The van der Waals surface area contributed by atoms with Gasteiger partial charge in [-0.15, -0.1) is 0 Å². The quantitative estimate of drug-likeness (QED) is 0.483. The number of carbonyl (C=O) groups is 1. The van der Waals surface area contributed by atoms with Gasteiger partial charge in [-0.1, -0.05) is 0 Å². The van der Waals surface area contributed by atoms with E-state index in [-0.39, 0.29) is 5.57 Å². The van der Waals surface area contributed by atoms with E-state index in [0.29, 0.717) is 12.2 Å². The van der Waals surface area contributed by atoms with E-state index in [1.165, 1.54) is 0 Å². The molecule has 0 atom stereocenters. The summed E-state index contributed by atoms with van der Waals surface area (Å²) in [4.78, 5) is 13.2. The molecule has 0 unspecified atom stereocenters. The van der Waals surface area contributed by atoms with Gasteiger partial charge in [0.2, 0.25) is 0 Å². The molecule has 1 rings (SSSR count). The second-order valence-electron chi connectivity index (χ2n) is 3.86. The fourth-order valence-corrected chi connectivity index (χ4v) is 1.64. The minimum atomic E-state index is -0.691. The summed E-state index contributed by atoms with van der Waals surface area (Å²) in [6.07, 6.45) is 0. The van der Waals surface area contributed by atoms with Crippen LogP contribution in [-0.2, 0) is 9.53 Å². The standard InChI is InChI=1S/C11H18N4O2/c1-9(10(8-12)11(13)16)14-2-3-15-4-6-17-7-5-15/h14H,2-7H2,1H3,(H2,13,16)/b10-9+. The van der Waals surface area contributed by atoms with Gasteiger partial charge in [0.25, 0.3) is 5.91 Å². The highest BCUT2D eigenvalue weighted by atomic mass is 16.5. The second kappa shape index (κ2) is 6.89. The highest BCUT2D eigenvalue weighted by molar-refractivity contribution is 5.96. The van der Waals surface area contributed by atoms with Crippen molar-refractivity contribution in [3.8, 4) is 6.07 Å². The largest absolute Gasteiger partial charge is 0.386 e. The first-order valence-corrected chi connectivity index (χ1v) is 5.60. The van der Waals surface area contributed by atoms with Crippen molar-refractivity contribution >= 4 is 5.91 Å². The highest BCUT2D eigenvalue weighted by Crippen LogP contribution is 1.99. The number of nitrogens with one attached hydrogen (secondary N) is 1. The van der Waals surface area contributed by atoms with Crippen LogP contribution in [0.5, 0.6) is 0 Å². The van der Waals surface area contributed by atoms with Gasteiger partial charge in [0, 0.05) is 31.9 Å². The Bertz CT molecular complexity index is 340. The van der Waals surface area contributed by atoms with E-state index < -0.39 is 5.91 Å². The van der Waals surface area contributed by atoms with Crippen molar-refractivity contribution in [3.63, 3.8) is 0 Å². The lowest BCUT2D eigenvalue weighted by atomic mass is 10.2. The number of hydrogen-bond donors (Lipinski definition) is 2. The highest BCUT2D eigenvalue weighted by Gasteiger charge is 2.11. The number of carbonyl (C=O) groups excluding carboxylic acids is 1. The first kappa shape index (κ1) is 13.5. The molecule has 94 valence electrons. The van der Waals surface area contributed by atoms with Crippen LogP contribution in [0.3, 0.4) is 0 Å². The molecule has 1 saturated heterocycles. The third-order valence-corrected chi connectivity index (χ3v) is 2.66. The van der Waals surface area contributed by atoms with Crippen molar-refractivity contribution in [2.75, 3.05) is 39.4 Å². The number of allylic oxidation sites excluding steroid dienone is 1. The van der Waals surface area contributed by atoms with Gasteiger partial charge in [-0.2, -0.15) is 5.26 Å². The van der Waals surface area contributed by atoms with E-state index in [1.54, 1.807) is 13.0 Å². The number of rotatable bonds is 5. The Morgan fingerprint density at radius 3 is 2.71 bits per heavy atom. The maximum Gasteiger partial charge on any atom is 0.261 e. The van der Waals surface area contributed by atoms with Crippen LogP contribution < -0.4 is 11.1 Å². The Morgan fingerprint density at radius 2 is 2.18 bits per heavy atom. The summed E-state index contributed by atoms with van der Waals surface area (Å²) in [6, 6.07) is 1.80. The van der Waals surface area contributed by atoms with Crippen LogP contribution >= 0.6 is 0 Å². The van der Waals surface area contributed by atoms with Crippen LogP contribution in [0.1, 0.15) is 6.92 Å². The van der Waals surface area contributed by atoms with Crippen molar-refractivity contribution in [1.29, 1.82) is 5.26 Å². The van der Waals surface area contributed by atoms with Crippen LogP contribution in [0.15, 0.2) is 11.3 Å².